The van der Waals surface area contributed by atoms with Gasteiger partial charge in [0, 0.05) is 0 Å². The molecule has 1 N–H and O–H groups in total. The number of benzene rings is 2. The first kappa shape index (κ1) is 20.5. The van der Waals surface area contributed by atoms with Crippen LogP contribution in [0.25, 0.3) is 0 Å². The zero-order chi connectivity index (χ0) is 20.1. The Kier molecular flexibility index (Phi) is 6.25. The quantitative estimate of drug-likeness (QED) is 0.614. The fourth-order valence-corrected chi connectivity index (χ4v) is 2.21. The molecule has 4 nitrogen and oxygen atoms in total. The molecule has 0 aliphatic rings. The second-order valence-electron chi connectivity index (χ2n) is 6.98. The van der Waals surface area contributed by atoms with Crippen molar-refractivity contribution < 1.29 is 22.7 Å². The molecule has 0 unspecified atom stereocenters. The van der Waals surface area contributed by atoms with Gasteiger partial charge in [-0.25, -0.2) is 5.43 Å². The molecule has 2 aromatic carbocycles. The van der Waals surface area contributed by atoms with E-state index in [0.29, 0.717) is 5.75 Å². The van der Waals surface area contributed by atoms with Crippen molar-refractivity contribution in [3.05, 3.63) is 65.2 Å². The van der Waals surface area contributed by atoms with Gasteiger partial charge >= 0.3 is 6.18 Å². The van der Waals surface area contributed by atoms with Crippen LogP contribution in [-0.4, -0.2) is 18.7 Å². The third-order valence-corrected chi connectivity index (χ3v) is 3.71. The number of amides is 1. The lowest BCUT2D eigenvalue weighted by Crippen LogP contribution is -2.24. The highest BCUT2D eigenvalue weighted by molar-refractivity contribution is 5.83. The van der Waals surface area contributed by atoms with E-state index in [-0.39, 0.29) is 17.6 Å². The fraction of sp³-hybridized carbons (Fsp3) is 0.300. The summed E-state index contributed by atoms with van der Waals surface area (Å²) in [6.45, 7) is 6.03. The number of alkyl halides is 3. The van der Waals surface area contributed by atoms with E-state index in [1.165, 1.54) is 12.1 Å². The van der Waals surface area contributed by atoms with Gasteiger partial charge in [0.2, 0.25) is 0 Å². The van der Waals surface area contributed by atoms with E-state index in [1.807, 2.05) is 12.1 Å². The Labute approximate surface area is 156 Å². The lowest BCUT2D eigenvalue weighted by molar-refractivity contribution is -0.137. The Bertz CT molecular complexity index is 807. The maximum absolute atomic E-state index is 12.6. The summed E-state index contributed by atoms with van der Waals surface area (Å²) in [5.74, 6) is 0.0260. The number of hydrogen-bond acceptors (Lipinski definition) is 3. The highest BCUT2D eigenvalue weighted by Crippen LogP contribution is 2.29. The third kappa shape index (κ3) is 6.44. The molecule has 0 saturated heterocycles. The van der Waals surface area contributed by atoms with E-state index in [1.54, 1.807) is 12.1 Å². The lowest BCUT2D eigenvalue weighted by atomic mass is 9.87. The summed E-state index contributed by atoms with van der Waals surface area (Å²) in [6, 6.07) is 12.1. The van der Waals surface area contributed by atoms with Crippen LogP contribution in [0.1, 0.15) is 37.5 Å². The van der Waals surface area contributed by atoms with Crippen molar-refractivity contribution in [3.8, 4) is 5.75 Å². The summed E-state index contributed by atoms with van der Waals surface area (Å²) in [6.07, 6.45) is -3.28. The third-order valence-electron chi connectivity index (χ3n) is 3.71. The van der Waals surface area contributed by atoms with Gasteiger partial charge < -0.3 is 4.74 Å². The number of nitrogens with zero attached hydrogens (tertiary/aromatic N) is 1. The van der Waals surface area contributed by atoms with E-state index >= 15 is 0 Å². The topological polar surface area (TPSA) is 50.7 Å². The fourth-order valence-electron chi connectivity index (χ4n) is 2.21. The summed E-state index contributed by atoms with van der Waals surface area (Å²) < 4.78 is 43.3. The highest BCUT2D eigenvalue weighted by atomic mass is 19.4. The van der Waals surface area contributed by atoms with Crippen LogP contribution in [-0.2, 0) is 16.4 Å². The Morgan fingerprint density at radius 3 is 2.33 bits per heavy atom. The van der Waals surface area contributed by atoms with Crippen LogP contribution in [0.3, 0.4) is 0 Å². The molecule has 0 radical (unpaired) electrons. The van der Waals surface area contributed by atoms with Crippen LogP contribution in [0.5, 0.6) is 5.75 Å². The monoisotopic (exact) mass is 378 g/mol. The van der Waals surface area contributed by atoms with Gasteiger partial charge in [-0.05, 0) is 40.8 Å². The normalized spacial score (nSPS) is 12.2. The Morgan fingerprint density at radius 1 is 1.07 bits per heavy atom. The number of nitrogens with one attached hydrogen (secondary N) is 1. The van der Waals surface area contributed by atoms with Gasteiger partial charge in [-0.3, -0.25) is 4.79 Å². The summed E-state index contributed by atoms with van der Waals surface area (Å²) in [5, 5.41) is 3.65. The molecule has 27 heavy (non-hydrogen) atoms. The zero-order valence-electron chi connectivity index (χ0n) is 15.3. The first-order valence-electron chi connectivity index (χ1n) is 8.28. The summed E-state index contributed by atoms with van der Waals surface area (Å²) >= 11 is 0. The molecule has 0 aliphatic heterocycles. The van der Waals surface area contributed by atoms with E-state index in [4.69, 9.17) is 4.74 Å². The van der Waals surface area contributed by atoms with E-state index in [2.05, 4.69) is 31.3 Å². The average molecular weight is 378 g/mol. The Morgan fingerprint density at radius 2 is 1.74 bits per heavy atom. The Balaban J connectivity index is 1.85. The molecule has 0 bridgehead atoms. The molecule has 0 aromatic heterocycles. The zero-order valence-corrected chi connectivity index (χ0v) is 15.3. The molecule has 7 heteroatoms. The van der Waals surface area contributed by atoms with Crippen molar-refractivity contribution in [3.63, 3.8) is 0 Å². The van der Waals surface area contributed by atoms with Gasteiger partial charge in [0.15, 0.2) is 6.61 Å². The second kappa shape index (κ2) is 8.24. The first-order chi connectivity index (χ1) is 12.6. The number of ether oxygens (including phenoxy) is 1. The van der Waals surface area contributed by atoms with Crippen LogP contribution < -0.4 is 10.2 Å². The minimum atomic E-state index is -4.43. The van der Waals surface area contributed by atoms with Crippen LogP contribution in [0.4, 0.5) is 13.2 Å². The number of hydrazone groups is 1. The molecule has 0 atom stereocenters. The molecule has 2 aromatic rings. The molecule has 1 amide bonds. The molecular weight excluding hydrogens is 357 g/mol. The number of hydrogen-bond donors (Lipinski definition) is 1. The molecule has 0 spiro atoms. The minimum Gasteiger partial charge on any atom is -0.484 e. The van der Waals surface area contributed by atoms with Gasteiger partial charge in [-0.15, -0.1) is 0 Å². The SMILES string of the molecule is CC(C)(C)c1ccc(OCC(=O)N/N=C\c2cccc(C(F)(F)F)c2)cc1. The molecule has 0 fully saturated rings. The van der Waals surface area contributed by atoms with Crippen molar-refractivity contribution in [1.29, 1.82) is 0 Å². The molecule has 144 valence electrons. The van der Waals surface area contributed by atoms with E-state index < -0.39 is 17.6 Å². The summed E-state index contributed by atoms with van der Waals surface area (Å²) in [7, 11) is 0. The minimum absolute atomic E-state index is 0.0219. The number of rotatable bonds is 5. The van der Waals surface area contributed by atoms with Crippen molar-refractivity contribution in [2.45, 2.75) is 32.4 Å². The van der Waals surface area contributed by atoms with Crippen LogP contribution in [0.15, 0.2) is 53.6 Å². The first-order valence-corrected chi connectivity index (χ1v) is 8.28. The standard InChI is InChI=1S/C20H21F3N2O2/c1-19(2,3)15-7-9-17(10-8-15)27-13-18(26)25-24-12-14-5-4-6-16(11-14)20(21,22)23/h4-12H,13H2,1-3H3,(H,25,26)/b24-12-. The highest BCUT2D eigenvalue weighted by Gasteiger charge is 2.30. The van der Waals surface area contributed by atoms with Crippen molar-refractivity contribution in [1.82, 2.24) is 5.43 Å². The molecule has 0 saturated carbocycles. The van der Waals surface area contributed by atoms with Gasteiger partial charge in [0.25, 0.3) is 5.91 Å². The maximum Gasteiger partial charge on any atom is 0.416 e. The summed E-state index contributed by atoms with van der Waals surface area (Å²) in [4.78, 5) is 11.7. The van der Waals surface area contributed by atoms with Crippen LogP contribution in [0.2, 0.25) is 0 Å². The molecule has 2 rings (SSSR count). The lowest BCUT2D eigenvalue weighted by Gasteiger charge is -2.19. The predicted octanol–water partition coefficient (Wildman–Crippen LogP) is 4.53. The molecule has 0 aliphatic carbocycles. The van der Waals surface area contributed by atoms with E-state index in [9.17, 15) is 18.0 Å². The largest absolute Gasteiger partial charge is 0.484 e. The van der Waals surface area contributed by atoms with Gasteiger partial charge in [-0.1, -0.05) is 45.0 Å². The number of carbonyl (C=O) groups is 1. The van der Waals surface area contributed by atoms with Gasteiger partial charge in [-0.2, -0.15) is 18.3 Å². The number of halogens is 3. The van der Waals surface area contributed by atoms with E-state index in [0.717, 1.165) is 23.9 Å². The van der Waals surface area contributed by atoms with Gasteiger partial charge in [0.1, 0.15) is 5.75 Å². The van der Waals surface area contributed by atoms with Crippen LogP contribution >= 0.6 is 0 Å². The summed E-state index contributed by atoms with van der Waals surface area (Å²) in [5.41, 5.74) is 2.83. The number of carbonyl (C=O) groups excluding carboxylic acids is 1. The van der Waals surface area contributed by atoms with Gasteiger partial charge in [0.05, 0.1) is 11.8 Å². The smallest absolute Gasteiger partial charge is 0.416 e. The van der Waals surface area contributed by atoms with Crippen LogP contribution in [0, 0.1) is 0 Å². The predicted molar refractivity (Wildman–Crippen MR) is 97.8 cm³/mol. The Hall–Kier alpha value is -2.83. The maximum atomic E-state index is 12.6. The average Bonchev–Trinajstić information content (AvgIpc) is 2.59. The van der Waals surface area contributed by atoms with Crippen molar-refractivity contribution >= 4 is 12.1 Å². The second-order valence-corrected chi connectivity index (χ2v) is 6.98. The molecular formula is C20H21F3N2O2. The molecule has 0 heterocycles. The van der Waals surface area contributed by atoms with Crippen molar-refractivity contribution in [2.75, 3.05) is 6.61 Å². The van der Waals surface area contributed by atoms with Crippen molar-refractivity contribution in [2.24, 2.45) is 5.10 Å².